The van der Waals surface area contributed by atoms with E-state index in [1.54, 1.807) is 6.92 Å². The number of rotatable bonds is 2. The van der Waals surface area contributed by atoms with E-state index in [2.05, 4.69) is 10.5 Å². The van der Waals surface area contributed by atoms with Crippen molar-refractivity contribution in [1.82, 2.24) is 20.2 Å². The molecule has 2 aromatic rings. The predicted octanol–water partition coefficient (Wildman–Crippen LogP) is 1.86. The summed E-state index contributed by atoms with van der Waals surface area (Å²) in [5.41, 5.74) is 6.84. The van der Waals surface area contributed by atoms with Crippen molar-refractivity contribution in [3.8, 4) is 0 Å². The average molecular weight is 351 g/mol. The molecule has 3 N–H and O–H groups in total. The average Bonchev–Trinajstić information content (AvgIpc) is 2.95. The molecular weight excluding hydrogens is 339 g/mol. The number of carbonyl (C=O) groups is 1. The minimum absolute atomic E-state index is 0.0328. The Morgan fingerprint density at radius 2 is 2.23 bits per heavy atom. The maximum absolute atomic E-state index is 12.9. The van der Waals surface area contributed by atoms with Crippen molar-refractivity contribution in [2.24, 2.45) is 12.8 Å². The van der Waals surface area contributed by atoms with Crippen LogP contribution in [-0.2, 0) is 13.2 Å². The fourth-order valence-corrected chi connectivity index (χ4v) is 2.97. The lowest BCUT2D eigenvalue weighted by atomic mass is 10.3. The largest absolute Gasteiger partial charge is 0.435 e. The molecule has 2 rings (SSSR count). The van der Waals surface area contributed by atoms with Crippen LogP contribution < -0.4 is 11.2 Å². The summed E-state index contributed by atoms with van der Waals surface area (Å²) < 4.78 is 39.8. The summed E-state index contributed by atoms with van der Waals surface area (Å²) >= 11 is 5.66. The summed E-state index contributed by atoms with van der Waals surface area (Å²) in [5.74, 6) is -0.580. The molecule has 6 nitrogen and oxygen atoms in total. The van der Waals surface area contributed by atoms with Crippen LogP contribution in [0.15, 0.2) is 6.07 Å². The molecule has 2 heterocycles. The highest BCUT2D eigenvalue weighted by Gasteiger charge is 2.37. The number of thiocarbonyl (C=S) groups is 1. The van der Waals surface area contributed by atoms with Crippen LogP contribution in [0.3, 0.4) is 0 Å². The highest BCUT2D eigenvalue weighted by Crippen LogP contribution is 2.37. The lowest BCUT2D eigenvalue weighted by molar-refractivity contribution is -0.140. The first-order chi connectivity index (χ1) is 10.1. The molecule has 0 saturated carbocycles. The Morgan fingerprint density at radius 3 is 2.73 bits per heavy atom. The van der Waals surface area contributed by atoms with Gasteiger partial charge in [-0.15, -0.1) is 11.3 Å². The molecule has 0 radical (unpaired) electrons. The molecule has 0 aliphatic heterocycles. The van der Waals surface area contributed by atoms with E-state index in [1.807, 2.05) is 0 Å². The molecule has 0 aliphatic rings. The second-order valence-corrected chi connectivity index (χ2v) is 5.77. The Kier molecular flexibility index (Phi) is 4.29. The fourth-order valence-electron chi connectivity index (χ4n) is 1.83. The molecular formula is C11H12F3N5OS2. The third-order valence-corrected chi connectivity index (χ3v) is 4.24. The Labute approximate surface area is 132 Å². The van der Waals surface area contributed by atoms with Crippen LogP contribution in [0.2, 0.25) is 0 Å². The summed E-state index contributed by atoms with van der Waals surface area (Å²) in [6, 6.07) is 1.17. The maximum atomic E-state index is 12.9. The zero-order valence-electron chi connectivity index (χ0n) is 11.6. The number of aromatic nitrogens is 2. The van der Waals surface area contributed by atoms with Crippen LogP contribution in [0, 0.1) is 0 Å². The minimum Gasteiger partial charge on any atom is -0.375 e. The molecule has 0 unspecified atom stereocenters. The van der Waals surface area contributed by atoms with Crippen molar-refractivity contribution >= 4 is 44.8 Å². The second kappa shape index (κ2) is 5.72. The number of hydrogen-bond donors (Lipinski definition) is 2. The molecule has 0 saturated heterocycles. The summed E-state index contributed by atoms with van der Waals surface area (Å²) in [5, 5.41) is 4.53. The van der Waals surface area contributed by atoms with Gasteiger partial charge in [-0.1, -0.05) is 0 Å². The quantitative estimate of drug-likeness (QED) is 0.638. The molecule has 0 aliphatic carbocycles. The molecule has 0 aromatic carbocycles. The zero-order valence-corrected chi connectivity index (χ0v) is 13.2. The number of aryl methyl sites for hydroxylation is 1. The van der Waals surface area contributed by atoms with Crippen LogP contribution in [0.1, 0.15) is 22.3 Å². The van der Waals surface area contributed by atoms with Gasteiger partial charge < -0.3 is 5.73 Å². The zero-order chi connectivity index (χ0) is 16.7. The smallest absolute Gasteiger partial charge is 0.375 e. The molecule has 22 heavy (non-hydrogen) atoms. The first-order valence-electron chi connectivity index (χ1n) is 6.06. The fraction of sp³-hybridized carbons (Fsp3) is 0.364. The number of nitrogens with two attached hydrogens (primary N) is 1. The Bertz CT molecular complexity index is 736. The van der Waals surface area contributed by atoms with Gasteiger partial charge in [0.2, 0.25) is 0 Å². The monoisotopic (exact) mass is 351 g/mol. The third-order valence-electron chi connectivity index (χ3n) is 2.82. The number of nitrogens with zero attached hydrogens (tertiary/aromatic N) is 3. The van der Waals surface area contributed by atoms with E-state index < -0.39 is 17.8 Å². The van der Waals surface area contributed by atoms with E-state index in [0.717, 1.165) is 16.0 Å². The highest BCUT2D eigenvalue weighted by atomic mass is 32.1. The van der Waals surface area contributed by atoms with Gasteiger partial charge >= 0.3 is 6.18 Å². The van der Waals surface area contributed by atoms with E-state index in [9.17, 15) is 18.0 Å². The van der Waals surface area contributed by atoms with Crippen molar-refractivity contribution in [3.05, 3.63) is 16.6 Å². The topological polar surface area (TPSA) is 76.2 Å². The normalized spacial score (nSPS) is 11.7. The standard InChI is InChI=1S/C11H12F3N5OS2/c1-3-19(10(15)21)17-8(20)6-4-5-7(11(12,13)14)16-18(2)9(5)22-6/h4H,3H2,1-2H3,(H2,15,21)(H,17,20). The molecule has 1 amide bonds. The summed E-state index contributed by atoms with van der Waals surface area (Å²) in [4.78, 5) is 12.5. The molecule has 120 valence electrons. The van der Waals surface area contributed by atoms with Crippen LogP contribution in [0.4, 0.5) is 13.2 Å². The van der Waals surface area contributed by atoms with E-state index in [0.29, 0.717) is 6.54 Å². The first-order valence-corrected chi connectivity index (χ1v) is 7.29. The summed E-state index contributed by atoms with van der Waals surface area (Å²) in [6.07, 6.45) is -4.58. The van der Waals surface area contributed by atoms with Crippen molar-refractivity contribution in [2.75, 3.05) is 6.54 Å². The molecule has 0 fully saturated rings. The van der Waals surface area contributed by atoms with Gasteiger partial charge in [0.25, 0.3) is 5.91 Å². The van der Waals surface area contributed by atoms with Crippen molar-refractivity contribution in [3.63, 3.8) is 0 Å². The van der Waals surface area contributed by atoms with E-state index in [-0.39, 0.29) is 20.2 Å². The number of hydrogen-bond acceptors (Lipinski definition) is 4. The molecule has 2 aromatic heterocycles. The number of alkyl halides is 3. The third kappa shape index (κ3) is 2.99. The number of fused-ring (bicyclic) bond motifs is 1. The molecule has 0 spiro atoms. The number of nitrogens with one attached hydrogen (secondary N) is 1. The second-order valence-electron chi connectivity index (χ2n) is 4.32. The highest BCUT2D eigenvalue weighted by molar-refractivity contribution is 7.80. The van der Waals surface area contributed by atoms with Gasteiger partial charge in [0.05, 0.1) is 4.88 Å². The Hall–Kier alpha value is -1.88. The van der Waals surface area contributed by atoms with Gasteiger partial charge in [0.15, 0.2) is 10.8 Å². The lowest BCUT2D eigenvalue weighted by Crippen LogP contribution is -2.48. The summed E-state index contributed by atoms with van der Waals surface area (Å²) in [6.45, 7) is 2.05. The molecule has 0 bridgehead atoms. The Morgan fingerprint density at radius 1 is 1.59 bits per heavy atom. The molecule has 0 atom stereocenters. The number of carbonyl (C=O) groups excluding carboxylic acids is 1. The van der Waals surface area contributed by atoms with Crippen molar-refractivity contribution < 1.29 is 18.0 Å². The van der Waals surface area contributed by atoms with Crippen LogP contribution in [0.25, 0.3) is 10.2 Å². The summed E-state index contributed by atoms with van der Waals surface area (Å²) in [7, 11) is 1.39. The van der Waals surface area contributed by atoms with Gasteiger partial charge in [-0.2, -0.15) is 18.3 Å². The van der Waals surface area contributed by atoms with Crippen LogP contribution in [0.5, 0.6) is 0 Å². The number of halogens is 3. The van der Waals surface area contributed by atoms with E-state index >= 15 is 0 Å². The lowest BCUT2D eigenvalue weighted by Gasteiger charge is -2.20. The maximum Gasteiger partial charge on any atom is 0.435 e. The van der Waals surface area contributed by atoms with Gasteiger partial charge in [0.1, 0.15) is 4.83 Å². The predicted molar refractivity (Wildman–Crippen MR) is 80.2 cm³/mol. The van der Waals surface area contributed by atoms with Gasteiger partial charge in [-0.05, 0) is 25.2 Å². The number of amides is 1. The van der Waals surface area contributed by atoms with Crippen molar-refractivity contribution in [1.29, 1.82) is 0 Å². The molecule has 11 heteroatoms. The SMILES string of the molecule is CCN(NC(=O)c1cc2c(C(F)(F)F)nn(C)c2s1)C(N)=S. The van der Waals surface area contributed by atoms with E-state index in [4.69, 9.17) is 18.0 Å². The first kappa shape index (κ1) is 16.5. The van der Waals surface area contributed by atoms with Crippen molar-refractivity contribution in [2.45, 2.75) is 13.1 Å². The Balaban J connectivity index is 2.38. The van der Waals surface area contributed by atoms with Crippen LogP contribution in [-0.4, -0.2) is 32.4 Å². The van der Waals surface area contributed by atoms with Gasteiger partial charge in [0, 0.05) is 19.0 Å². The van der Waals surface area contributed by atoms with Crippen LogP contribution >= 0.6 is 23.6 Å². The van der Waals surface area contributed by atoms with Gasteiger partial charge in [-0.3, -0.25) is 19.9 Å². The minimum atomic E-state index is -4.58. The number of hydrazine groups is 1. The van der Waals surface area contributed by atoms with E-state index in [1.165, 1.54) is 18.1 Å². The van der Waals surface area contributed by atoms with Gasteiger partial charge in [-0.25, -0.2) is 0 Å². The number of thiophene rings is 1.